The molecule has 2 heterocycles. The van der Waals surface area contributed by atoms with Crippen LogP contribution in [0, 0.1) is 10.8 Å². The number of ether oxygens (including phenoxy) is 2. The number of rotatable bonds is 13. The van der Waals surface area contributed by atoms with Crippen LogP contribution in [-0.2, 0) is 9.53 Å². The second-order valence-electron chi connectivity index (χ2n) is 9.36. The third-order valence-electron chi connectivity index (χ3n) is 6.61. The summed E-state index contributed by atoms with van der Waals surface area (Å²) in [4.78, 5) is 30.4. The van der Waals surface area contributed by atoms with E-state index in [1.54, 1.807) is 12.3 Å². The number of hydrogen-bond donors (Lipinski definition) is 1. The van der Waals surface area contributed by atoms with Crippen LogP contribution in [0.25, 0.3) is 0 Å². The maximum absolute atomic E-state index is 13.2. The number of pyridine rings is 1. The standard InChI is InChI=1S/C24H35FN2O4/c1-4-24(5-2,22(29)26-10-6-9-25)12-20(28)19-11-21(18(13-27-19)17-7-8-17)31-16-23(3)14-30-15-23/h11,13,17H,4-10,12,14-16H2,1-3H3,(H,26,29). The monoisotopic (exact) mass is 434 g/mol. The highest BCUT2D eigenvalue weighted by Gasteiger charge is 2.38. The van der Waals surface area contributed by atoms with Gasteiger partial charge in [0.1, 0.15) is 11.4 Å². The summed E-state index contributed by atoms with van der Waals surface area (Å²) in [6.45, 7) is 7.63. The number of amides is 1. The van der Waals surface area contributed by atoms with Gasteiger partial charge in [0, 0.05) is 36.2 Å². The highest BCUT2D eigenvalue weighted by molar-refractivity contribution is 5.98. The van der Waals surface area contributed by atoms with Crippen LogP contribution in [0.2, 0.25) is 0 Å². The second kappa shape index (κ2) is 10.1. The Kier molecular flexibility index (Phi) is 7.68. The lowest BCUT2D eigenvalue weighted by molar-refractivity contribution is -0.131. The quantitative estimate of drug-likeness (QED) is 0.371. The van der Waals surface area contributed by atoms with Gasteiger partial charge >= 0.3 is 0 Å². The van der Waals surface area contributed by atoms with E-state index in [0.717, 1.165) is 24.2 Å². The molecule has 172 valence electrons. The van der Waals surface area contributed by atoms with E-state index in [-0.39, 0.29) is 36.5 Å². The molecule has 1 aliphatic heterocycles. The van der Waals surface area contributed by atoms with E-state index in [0.29, 0.717) is 44.3 Å². The first-order valence-electron chi connectivity index (χ1n) is 11.4. The first-order valence-corrected chi connectivity index (χ1v) is 11.4. The molecule has 3 rings (SSSR count). The van der Waals surface area contributed by atoms with E-state index in [4.69, 9.17) is 9.47 Å². The first-order chi connectivity index (χ1) is 14.9. The molecule has 2 aliphatic rings. The van der Waals surface area contributed by atoms with Gasteiger partial charge in [-0.2, -0.15) is 0 Å². The predicted molar refractivity (Wildman–Crippen MR) is 116 cm³/mol. The van der Waals surface area contributed by atoms with E-state index < -0.39 is 12.1 Å². The van der Waals surface area contributed by atoms with Gasteiger partial charge in [0.15, 0.2) is 5.78 Å². The number of nitrogens with zero attached hydrogens (tertiary/aromatic N) is 1. The highest BCUT2D eigenvalue weighted by atomic mass is 19.1. The number of Topliss-reactive ketones (excluding diaryl/α,β-unsaturated/α-hetero) is 1. The molecule has 0 spiro atoms. The lowest BCUT2D eigenvalue weighted by Gasteiger charge is -2.37. The van der Waals surface area contributed by atoms with Gasteiger partial charge in [0.25, 0.3) is 0 Å². The fourth-order valence-corrected chi connectivity index (χ4v) is 3.97. The van der Waals surface area contributed by atoms with E-state index in [2.05, 4.69) is 17.2 Å². The largest absolute Gasteiger partial charge is 0.492 e. The minimum absolute atomic E-state index is 0.00549. The Morgan fingerprint density at radius 3 is 2.58 bits per heavy atom. The van der Waals surface area contributed by atoms with E-state index in [9.17, 15) is 14.0 Å². The number of halogens is 1. The van der Waals surface area contributed by atoms with Crippen molar-refractivity contribution < 1.29 is 23.5 Å². The van der Waals surface area contributed by atoms with Gasteiger partial charge in [-0.25, -0.2) is 0 Å². The Morgan fingerprint density at radius 1 is 1.32 bits per heavy atom. The molecule has 1 aromatic rings. The Morgan fingerprint density at radius 2 is 2.03 bits per heavy atom. The summed E-state index contributed by atoms with van der Waals surface area (Å²) >= 11 is 0. The van der Waals surface area contributed by atoms with E-state index >= 15 is 0 Å². The molecule has 0 unspecified atom stereocenters. The van der Waals surface area contributed by atoms with Gasteiger partial charge < -0.3 is 14.8 Å². The summed E-state index contributed by atoms with van der Waals surface area (Å²) in [5.74, 6) is 0.807. The van der Waals surface area contributed by atoms with Gasteiger partial charge in [-0.05, 0) is 38.0 Å². The summed E-state index contributed by atoms with van der Waals surface area (Å²) in [6, 6.07) is 1.75. The maximum atomic E-state index is 13.2. The molecule has 6 nitrogen and oxygen atoms in total. The number of ketones is 1. The van der Waals surface area contributed by atoms with Gasteiger partial charge in [0.05, 0.1) is 31.9 Å². The SMILES string of the molecule is CCC(CC)(CC(=O)c1cc(OCC2(C)COC2)c(C2CC2)cn1)C(=O)NCCCF. The van der Waals surface area contributed by atoms with E-state index in [1.165, 1.54) is 0 Å². The van der Waals surface area contributed by atoms with Gasteiger partial charge in [-0.3, -0.25) is 19.0 Å². The molecule has 31 heavy (non-hydrogen) atoms. The minimum Gasteiger partial charge on any atom is -0.492 e. The number of carbonyl (C=O) groups is 2. The molecule has 7 heteroatoms. The second-order valence-corrected chi connectivity index (χ2v) is 9.36. The first kappa shape index (κ1) is 23.6. The number of nitrogens with one attached hydrogen (secondary N) is 1. The number of aromatic nitrogens is 1. The Labute approximate surface area is 184 Å². The van der Waals surface area contributed by atoms with Crippen LogP contribution in [0.3, 0.4) is 0 Å². The number of hydrogen-bond acceptors (Lipinski definition) is 5. The van der Waals surface area contributed by atoms with Gasteiger partial charge in [-0.1, -0.05) is 20.8 Å². The van der Waals surface area contributed by atoms with Crippen molar-refractivity contribution in [1.29, 1.82) is 0 Å². The molecule has 1 N–H and O–H groups in total. The smallest absolute Gasteiger partial charge is 0.226 e. The summed E-state index contributed by atoms with van der Waals surface area (Å²) in [5.41, 5.74) is 0.576. The third-order valence-corrected chi connectivity index (χ3v) is 6.61. The molecule has 0 atom stereocenters. The Bertz CT molecular complexity index is 786. The van der Waals surface area contributed by atoms with Crippen molar-refractivity contribution in [1.82, 2.24) is 10.3 Å². The van der Waals surface area contributed by atoms with Crippen LogP contribution in [0.5, 0.6) is 5.75 Å². The van der Waals surface area contributed by atoms with Gasteiger partial charge in [-0.15, -0.1) is 0 Å². The zero-order chi connectivity index (χ0) is 22.5. The van der Waals surface area contributed by atoms with Crippen molar-refractivity contribution in [2.45, 2.75) is 65.2 Å². The molecule has 1 saturated heterocycles. The number of alkyl halides is 1. The van der Waals surface area contributed by atoms with Crippen LogP contribution in [0.4, 0.5) is 4.39 Å². The highest BCUT2D eigenvalue weighted by Crippen LogP contribution is 2.45. The van der Waals surface area contributed by atoms with Crippen molar-refractivity contribution in [3.8, 4) is 5.75 Å². The molecular formula is C24H35FN2O4. The zero-order valence-corrected chi connectivity index (χ0v) is 19.0. The van der Waals surface area contributed by atoms with Crippen LogP contribution < -0.4 is 10.1 Å². The lowest BCUT2D eigenvalue weighted by atomic mass is 9.76. The molecule has 2 fully saturated rings. The normalized spacial score (nSPS) is 17.7. The molecule has 1 aliphatic carbocycles. The van der Waals surface area contributed by atoms with Crippen LogP contribution in [0.1, 0.15) is 81.3 Å². The molecule has 1 saturated carbocycles. The van der Waals surface area contributed by atoms with Crippen molar-refractivity contribution >= 4 is 11.7 Å². The van der Waals surface area contributed by atoms with Crippen LogP contribution >= 0.6 is 0 Å². The zero-order valence-electron chi connectivity index (χ0n) is 19.0. The fraction of sp³-hybridized carbons (Fsp3) is 0.708. The van der Waals surface area contributed by atoms with Gasteiger partial charge in [0.2, 0.25) is 5.91 Å². The molecule has 1 amide bonds. The Hall–Kier alpha value is -2.02. The summed E-state index contributed by atoms with van der Waals surface area (Å²) in [5, 5.41) is 2.79. The molecule has 0 bridgehead atoms. The van der Waals surface area contributed by atoms with Crippen molar-refractivity contribution in [2.75, 3.05) is 33.0 Å². The minimum atomic E-state index is -0.817. The molecule has 1 aromatic heterocycles. The maximum Gasteiger partial charge on any atom is 0.226 e. The van der Waals surface area contributed by atoms with Crippen LogP contribution in [-0.4, -0.2) is 49.7 Å². The Balaban J connectivity index is 1.74. The summed E-state index contributed by atoms with van der Waals surface area (Å²) in [7, 11) is 0. The number of carbonyl (C=O) groups excluding carboxylic acids is 2. The molecular weight excluding hydrogens is 399 g/mol. The lowest BCUT2D eigenvalue weighted by Crippen LogP contribution is -2.44. The third kappa shape index (κ3) is 5.62. The molecule has 0 aromatic carbocycles. The van der Waals surface area contributed by atoms with Crippen molar-refractivity contribution in [3.63, 3.8) is 0 Å². The summed E-state index contributed by atoms with van der Waals surface area (Å²) in [6.07, 6.45) is 5.39. The average Bonchev–Trinajstić information content (AvgIpc) is 3.59. The molecule has 0 radical (unpaired) electrons. The van der Waals surface area contributed by atoms with Crippen molar-refractivity contribution in [3.05, 3.63) is 23.5 Å². The van der Waals surface area contributed by atoms with E-state index in [1.807, 2.05) is 13.8 Å². The van der Waals surface area contributed by atoms with Crippen molar-refractivity contribution in [2.24, 2.45) is 10.8 Å². The summed E-state index contributed by atoms with van der Waals surface area (Å²) < 4.78 is 23.9. The van der Waals surface area contributed by atoms with Crippen LogP contribution in [0.15, 0.2) is 12.3 Å². The topological polar surface area (TPSA) is 77.5 Å². The predicted octanol–water partition coefficient (Wildman–Crippen LogP) is 4.23. The fourth-order valence-electron chi connectivity index (χ4n) is 3.97. The average molecular weight is 435 g/mol.